The van der Waals surface area contributed by atoms with Crippen molar-refractivity contribution in [1.29, 1.82) is 0 Å². The summed E-state index contributed by atoms with van der Waals surface area (Å²) in [6, 6.07) is 5.60. The van der Waals surface area contributed by atoms with Crippen LogP contribution in [0.3, 0.4) is 0 Å². The zero-order chi connectivity index (χ0) is 11.4. The number of carbonyl (C=O) groups is 1. The van der Waals surface area contributed by atoms with Crippen molar-refractivity contribution < 1.29 is 4.79 Å². The van der Waals surface area contributed by atoms with Gasteiger partial charge in [-0.25, -0.2) is 0 Å². The van der Waals surface area contributed by atoms with Crippen LogP contribution in [0.1, 0.15) is 28.9 Å². The summed E-state index contributed by atoms with van der Waals surface area (Å²) in [5.74, 6) is -0.0439. The molecule has 4 heteroatoms. The van der Waals surface area contributed by atoms with Gasteiger partial charge in [-0.15, -0.1) is 0 Å². The maximum atomic E-state index is 11.8. The van der Waals surface area contributed by atoms with E-state index in [1.807, 2.05) is 35.9 Å². The first-order chi connectivity index (χ1) is 7.77. The maximum absolute atomic E-state index is 11.8. The van der Waals surface area contributed by atoms with Crippen LogP contribution in [0.4, 0.5) is 0 Å². The van der Waals surface area contributed by atoms with Crippen molar-refractivity contribution >= 4 is 17.2 Å². The molecule has 0 aliphatic heterocycles. The summed E-state index contributed by atoms with van der Waals surface area (Å²) in [4.78, 5) is 15.8. The normalized spacial score (nSPS) is 12.1. The summed E-state index contributed by atoms with van der Waals surface area (Å²) in [7, 11) is 0. The highest BCUT2D eigenvalue weighted by atomic mass is 32.1. The monoisotopic (exact) mass is 232 g/mol. The molecule has 2 heterocycles. The van der Waals surface area contributed by atoms with Gasteiger partial charge in [-0.3, -0.25) is 9.78 Å². The van der Waals surface area contributed by atoms with Crippen LogP contribution in [0.5, 0.6) is 0 Å². The van der Waals surface area contributed by atoms with Crippen LogP contribution in [0, 0.1) is 0 Å². The molecule has 0 saturated heterocycles. The van der Waals surface area contributed by atoms with Crippen molar-refractivity contribution in [3.63, 3.8) is 0 Å². The molecular formula is C12H12N2OS. The molecular weight excluding hydrogens is 220 g/mol. The van der Waals surface area contributed by atoms with Crippen molar-refractivity contribution in [3.8, 4) is 0 Å². The number of amides is 1. The largest absolute Gasteiger partial charge is 0.345 e. The van der Waals surface area contributed by atoms with Crippen LogP contribution in [-0.4, -0.2) is 10.9 Å². The van der Waals surface area contributed by atoms with Crippen LogP contribution in [-0.2, 0) is 0 Å². The summed E-state index contributed by atoms with van der Waals surface area (Å²) in [5, 5.41) is 6.66. The van der Waals surface area contributed by atoms with E-state index in [2.05, 4.69) is 10.3 Å². The van der Waals surface area contributed by atoms with Crippen LogP contribution in [0.25, 0.3) is 0 Å². The van der Waals surface area contributed by atoms with Gasteiger partial charge in [-0.1, -0.05) is 6.07 Å². The van der Waals surface area contributed by atoms with Gasteiger partial charge in [-0.05, 0) is 30.0 Å². The molecule has 0 saturated carbocycles. The first-order valence-electron chi connectivity index (χ1n) is 5.00. The number of aromatic nitrogens is 1. The Hall–Kier alpha value is -1.68. The van der Waals surface area contributed by atoms with Gasteiger partial charge in [0.1, 0.15) is 0 Å². The van der Waals surface area contributed by atoms with E-state index in [-0.39, 0.29) is 11.9 Å². The molecule has 0 aliphatic carbocycles. The molecule has 0 spiro atoms. The molecule has 0 aliphatic rings. The predicted octanol–water partition coefficient (Wildman–Crippen LogP) is 2.63. The molecule has 2 aromatic rings. The smallest absolute Gasteiger partial charge is 0.252 e. The number of rotatable bonds is 3. The lowest BCUT2D eigenvalue weighted by Gasteiger charge is -2.12. The fourth-order valence-electron chi connectivity index (χ4n) is 1.39. The van der Waals surface area contributed by atoms with E-state index in [1.165, 1.54) is 11.3 Å². The second-order valence-corrected chi connectivity index (χ2v) is 4.27. The van der Waals surface area contributed by atoms with Crippen LogP contribution in [0.2, 0.25) is 0 Å². The number of thiophene rings is 1. The third-order valence-corrected chi connectivity index (χ3v) is 3.00. The van der Waals surface area contributed by atoms with Crippen molar-refractivity contribution in [2.45, 2.75) is 13.0 Å². The minimum atomic E-state index is -0.0439. The number of nitrogens with zero attached hydrogens (tertiary/aromatic N) is 1. The van der Waals surface area contributed by atoms with Gasteiger partial charge in [0.15, 0.2) is 0 Å². The van der Waals surface area contributed by atoms with Gasteiger partial charge < -0.3 is 5.32 Å². The van der Waals surface area contributed by atoms with Crippen molar-refractivity contribution in [2.24, 2.45) is 0 Å². The second kappa shape index (κ2) is 4.90. The molecule has 0 fully saturated rings. The van der Waals surface area contributed by atoms with Crippen LogP contribution in [0.15, 0.2) is 41.4 Å². The Labute approximate surface area is 98.2 Å². The number of hydrogen-bond acceptors (Lipinski definition) is 3. The molecule has 2 aromatic heterocycles. The SMILES string of the molecule is CC(NC(=O)c1ccsc1)c1cccnc1. The quantitative estimate of drug-likeness (QED) is 0.884. The standard InChI is InChI=1S/C12H12N2OS/c1-9(10-3-2-5-13-7-10)14-12(15)11-4-6-16-8-11/h2-9H,1H3,(H,14,15). The Kier molecular flexibility index (Phi) is 3.31. The second-order valence-electron chi connectivity index (χ2n) is 3.49. The number of carbonyl (C=O) groups excluding carboxylic acids is 1. The minimum Gasteiger partial charge on any atom is -0.345 e. The van der Waals surface area contributed by atoms with Crippen molar-refractivity contribution in [3.05, 3.63) is 52.5 Å². The number of hydrogen-bond donors (Lipinski definition) is 1. The summed E-state index contributed by atoms with van der Waals surface area (Å²) in [5.41, 5.74) is 1.71. The topological polar surface area (TPSA) is 42.0 Å². The van der Waals surface area contributed by atoms with Crippen LogP contribution >= 0.6 is 11.3 Å². The molecule has 1 amide bonds. The zero-order valence-corrected chi connectivity index (χ0v) is 9.70. The van der Waals surface area contributed by atoms with Crippen LogP contribution < -0.4 is 5.32 Å². The number of pyridine rings is 1. The highest BCUT2D eigenvalue weighted by molar-refractivity contribution is 7.08. The lowest BCUT2D eigenvalue weighted by Crippen LogP contribution is -2.26. The summed E-state index contributed by atoms with van der Waals surface area (Å²) < 4.78 is 0. The molecule has 0 aromatic carbocycles. The van der Waals surface area contributed by atoms with E-state index in [4.69, 9.17) is 0 Å². The fourth-order valence-corrected chi connectivity index (χ4v) is 2.03. The molecule has 1 unspecified atom stereocenters. The average Bonchev–Trinajstić information content (AvgIpc) is 2.83. The van der Waals surface area contributed by atoms with Gasteiger partial charge in [0, 0.05) is 17.8 Å². The van der Waals surface area contributed by atoms with E-state index in [0.717, 1.165) is 5.56 Å². The van der Waals surface area contributed by atoms with E-state index in [9.17, 15) is 4.79 Å². The Morgan fingerprint density at radius 3 is 3.00 bits per heavy atom. The summed E-state index contributed by atoms with van der Waals surface area (Å²) in [6.07, 6.45) is 3.48. The van der Waals surface area contributed by atoms with Gasteiger partial charge in [0.05, 0.1) is 11.6 Å². The molecule has 2 rings (SSSR count). The third kappa shape index (κ3) is 2.46. The molecule has 82 valence electrons. The van der Waals surface area contributed by atoms with E-state index in [1.54, 1.807) is 12.4 Å². The highest BCUT2D eigenvalue weighted by Gasteiger charge is 2.11. The molecule has 3 nitrogen and oxygen atoms in total. The Morgan fingerprint density at radius 2 is 2.38 bits per heavy atom. The zero-order valence-electron chi connectivity index (χ0n) is 8.88. The van der Waals surface area contributed by atoms with E-state index < -0.39 is 0 Å². The Bertz CT molecular complexity index is 453. The highest BCUT2D eigenvalue weighted by Crippen LogP contribution is 2.12. The van der Waals surface area contributed by atoms with Gasteiger partial charge in [0.2, 0.25) is 0 Å². The molecule has 16 heavy (non-hydrogen) atoms. The lowest BCUT2D eigenvalue weighted by molar-refractivity contribution is 0.0940. The Balaban J connectivity index is 2.03. The van der Waals surface area contributed by atoms with Gasteiger partial charge in [0.25, 0.3) is 5.91 Å². The molecule has 0 radical (unpaired) electrons. The average molecular weight is 232 g/mol. The minimum absolute atomic E-state index is 0.0268. The molecule has 1 N–H and O–H groups in total. The summed E-state index contributed by atoms with van der Waals surface area (Å²) in [6.45, 7) is 1.95. The number of nitrogens with one attached hydrogen (secondary N) is 1. The first-order valence-corrected chi connectivity index (χ1v) is 5.94. The molecule has 0 bridgehead atoms. The summed E-state index contributed by atoms with van der Waals surface area (Å²) >= 11 is 1.52. The fraction of sp³-hybridized carbons (Fsp3) is 0.167. The Morgan fingerprint density at radius 1 is 1.50 bits per heavy atom. The predicted molar refractivity (Wildman–Crippen MR) is 64.4 cm³/mol. The lowest BCUT2D eigenvalue weighted by atomic mass is 10.1. The van der Waals surface area contributed by atoms with Crippen molar-refractivity contribution in [1.82, 2.24) is 10.3 Å². The maximum Gasteiger partial charge on any atom is 0.252 e. The van der Waals surface area contributed by atoms with E-state index in [0.29, 0.717) is 5.56 Å². The molecule has 1 atom stereocenters. The van der Waals surface area contributed by atoms with E-state index >= 15 is 0 Å². The first kappa shape index (κ1) is 10.8. The van der Waals surface area contributed by atoms with Gasteiger partial charge in [-0.2, -0.15) is 11.3 Å². The van der Waals surface area contributed by atoms with Gasteiger partial charge >= 0.3 is 0 Å². The third-order valence-electron chi connectivity index (χ3n) is 2.32. The van der Waals surface area contributed by atoms with Crippen molar-refractivity contribution in [2.75, 3.05) is 0 Å².